The highest BCUT2D eigenvalue weighted by Crippen LogP contribution is 2.25. The zero-order valence-corrected chi connectivity index (χ0v) is 13.1. The summed E-state index contributed by atoms with van der Waals surface area (Å²) < 4.78 is 0. The van der Waals surface area contributed by atoms with Gasteiger partial charge in [0.2, 0.25) is 5.91 Å². The maximum atomic E-state index is 12.2. The Morgan fingerprint density at radius 1 is 1.29 bits per heavy atom. The van der Waals surface area contributed by atoms with Gasteiger partial charge in [-0.2, -0.15) is 0 Å². The van der Waals surface area contributed by atoms with E-state index >= 15 is 0 Å². The number of carbonyl (C=O) groups is 2. The van der Waals surface area contributed by atoms with Crippen LogP contribution in [0, 0.1) is 0 Å². The van der Waals surface area contributed by atoms with Gasteiger partial charge >= 0.3 is 0 Å². The van der Waals surface area contributed by atoms with Crippen LogP contribution in [0.3, 0.4) is 0 Å². The fourth-order valence-corrected chi connectivity index (χ4v) is 2.82. The molecule has 1 heterocycles. The monoisotopic (exact) mass is 288 g/mol. The molecule has 0 aromatic heterocycles. The van der Waals surface area contributed by atoms with E-state index < -0.39 is 0 Å². The van der Waals surface area contributed by atoms with E-state index in [9.17, 15) is 9.59 Å². The highest BCUT2D eigenvalue weighted by molar-refractivity contribution is 6.09. The number of nitrogens with one attached hydrogen (secondary N) is 1. The molecule has 1 atom stereocenters. The molecule has 4 heteroatoms. The van der Waals surface area contributed by atoms with E-state index in [0.717, 1.165) is 17.5 Å². The summed E-state index contributed by atoms with van der Waals surface area (Å²) in [4.78, 5) is 25.2. The number of benzene rings is 1. The minimum absolute atomic E-state index is 0.131. The molecule has 0 radical (unpaired) electrons. The molecule has 1 unspecified atom stereocenters. The third-order valence-electron chi connectivity index (χ3n) is 4.23. The van der Waals surface area contributed by atoms with Crippen molar-refractivity contribution in [2.24, 2.45) is 0 Å². The SMILES string of the molecule is CCCCCC(NC)c1ccc2c(c1)C(=O)N(C)C(=O)C2. The lowest BCUT2D eigenvalue weighted by Gasteiger charge is -2.25. The van der Waals surface area contributed by atoms with E-state index in [2.05, 4.69) is 12.2 Å². The number of nitrogens with zero attached hydrogens (tertiary/aromatic N) is 1. The molecular weight excluding hydrogens is 264 g/mol. The van der Waals surface area contributed by atoms with Crippen molar-refractivity contribution >= 4 is 11.8 Å². The van der Waals surface area contributed by atoms with Gasteiger partial charge in [0.25, 0.3) is 5.91 Å². The van der Waals surface area contributed by atoms with Crippen molar-refractivity contribution in [1.82, 2.24) is 10.2 Å². The Bertz CT molecular complexity index is 540. The topological polar surface area (TPSA) is 49.4 Å². The van der Waals surface area contributed by atoms with Gasteiger partial charge in [0.15, 0.2) is 0 Å². The van der Waals surface area contributed by atoms with Crippen molar-refractivity contribution in [2.75, 3.05) is 14.1 Å². The maximum Gasteiger partial charge on any atom is 0.260 e. The van der Waals surface area contributed by atoms with Gasteiger partial charge in [0, 0.05) is 18.7 Å². The smallest absolute Gasteiger partial charge is 0.260 e. The van der Waals surface area contributed by atoms with Gasteiger partial charge in [-0.25, -0.2) is 0 Å². The first-order chi connectivity index (χ1) is 10.1. The van der Waals surface area contributed by atoms with Crippen LogP contribution in [0.2, 0.25) is 0 Å². The van der Waals surface area contributed by atoms with Gasteiger partial charge in [0.05, 0.1) is 6.42 Å². The molecule has 114 valence electrons. The molecule has 2 rings (SSSR count). The lowest BCUT2D eigenvalue weighted by atomic mass is 9.92. The molecule has 0 saturated heterocycles. The third-order valence-corrected chi connectivity index (χ3v) is 4.23. The molecule has 1 aromatic rings. The fraction of sp³-hybridized carbons (Fsp3) is 0.529. The summed E-state index contributed by atoms with van der Waals surface area (Å²) in [6, 6.07) is 6.18. The van der Waals surface area contributed by atoms with Crippen LogP contribution in [0.1, 0.15) is 60.1 Å². The molecular formula is C17H24N2O2. The second-order valence-electron chi connectivity index (χ2n) is 5.69. The van der Waals surface area contributed by atoms with E-state index in [-0.39, 0.29) is 17.9 Å². The first-order valence-electron chi connectivity index (χ1n) is 7.69. The first-order valence-corrected chi connectivity index (χ1v) is 7.69. The molecule has 0 aliphatic carbocycles. The van der Waals surface area contributed by atoms with E-state index in [4.69, 9.17) is 0 Å². The van der Waals surface area contributed by atoms with E-state index in [1.165, 1.54) is 24.2 Å². The largest absolute Gasteiger partial charge is 0.313 e. The van der Waals surface area contributed by atoms with E-state index in [0.29, 0.717) is 12.0 Å². The lowest BCUT2D eigenvalue weighted by molar-refractivity contribution is -0.127. The fourth-order valence-electron chi connectivity index (χ4n) is 2.82. The number of fused-ring (bicyclic) bond motifs is 1. The van der Waals surface area contributed by atoms with Gasteiger partial charge in [-0.05, 0) is 30.7 Å². The Labute approximate surface area is 126 Å². The molecule has 0 spiro atoms. The average Bonchev–Trinajstić information content (AvgIpc) is 2.49. The Kier molecular flexibility index (Phi) is 5.12. The maximum absolute atomic E-state index is 12.2. The van der Waals surface area contributed by atoms with Gasteiger partial charge < -0.3 is 5.32 Å². The summed E-state index contributed by atoms with van der Waals surface area (Å²) in [5.41, 5.74) is 2.64. The standard InChI is InChI=1S/C17H24N2O2/c1-4-5-6-7-15(18-2)13-9-8-12-11-16(20)19(3)17(21)14(12)10-13/h8-10,15,18H,4-7,11H2,1-3H3. The Morgan fingerprint density at radius 3 is 2.71 bits per heavy atom. The first kappa shape index (κ1) is 15.7. The summed E-state index contributed by atoms with van der Waals surface area (Å²) in [7, 11) is 3.50. The number of hydrogen-bond acceptors (Lipinski definition) is 3. The predicted octanol–water partition coefficient (Wildman–Crippen LogP) is 2.68. The predicted molar refractivity (Wildman–Crippen MR) is 83.2 cm³/mol. The molecule has 0 bridgehead atoms. The summed E-state index contributed by atoms with van der Waals surface area (Å²) in [6.45, 7) is 2.19. The molecule has 1 N–H and O–H groups in total. The van der Waals surface area contributed by atoms with E-state index in [1.54, 1.807) is 7.05 Å². The van der Waals surface area contributed by atoms with Crippen LogP contribution in [0.15, 0.2) is 18.2 Å². The Morgan fingerprint density at radius 2 is 2.05 bits per heavy atom. The second kappa shape index (κ2) is 6.85. The van der Waals surface area contributed by atoms with Crippen LogP contribution < -0.4 is 5.32 Å². The van der Waals surface area contributed by atoms with Crippen molar-refractivity contribution in [3.05, 3.63) is 34.9 Å². The van der Waals surface area contributed by atoms with Gasteiger partial charge in [-0.15, -0.1) is 0 Å². The van der Waals surface area contributed by atoms with Gasteiger partial charge in [-0.3, -0.25) is 14.5 Å². The quantitative estimate of drug-likeness (QED) is 0.647. The second-order valence-corrected chi connectivity index (χ2v) is 5.69. The summed E-state index contributed by atoms with van der Waals surface area (Å²) >= 11 is 0. The molecule has 4 nitrogen and oxygen atoms in total. The number of hydrogen-bond donors (Lipinski definition) is 1. The number of likely N-dealkylation sites (N-methyl/N-ethyl adjacent to an activating group) is 1. The molecule has 1 aromatic carbocycles. The number of carbonyl (C=O) groups excluding carboxylic acids is 2. The number of rotatable bonds is 6. The molecule has 0 fully saturated rings. The zero-order valence-electron chi connectivity index (χ0n) is 13.1. The van der Waals surface area contributed by atoms with Crippen LogP contribution in [0.25, 0.3) is 0 Å². The molecule has 2 amide bonds. The minimum Gasteiger partial charge on any atom is -0.313 e. The molecule has 0 saturated carbocycles. The van der Waals surface area contributed by atoms with E-state index in [1.807, 2.05) is 25.2 Å². The normalized spacial score (nSPS) is 16.0. The summed E-state index contributed by atoms with van der Waals surface area (Å²) in [5.74, 6) is -0.320. The lowest BCUT2D eigenvalue weighted by Crippen LogP contribution is -2.39. The van der Waals surface area contributed by atoms with Crippen molar-refractivity contribution in [3.8, 4) is 0 Å². The molecule has 21 heavy (non-hydrogen) atoms. The Hall–Kier alpha value is -1.68. The van der Waals surface area contributed by atoms with Crippen LogP contribution in [-0.4, -0.2) is 30.8 Å². The van der Waals surface area contributed by atoms with Crippen LogP contribution in [0.4, 0.5) is 0 Å². The van der Waals surface area contributed by atoms with Crippen LogP contribution >= 0.6 is 0 Å². The van der Waals surface area contributed by atoms with Crippen molar-refractivity contribution in [3.63, 3.8) is 0 Å². The van der Waals surface area contributed by atoms with Crippen molar-refractivity contribution in [1.29, 1.82) is 0 Å². The third kappa shape index (κ3) is 3.32. The molecule has 1 aliphatic heterocycles. The highest BCUT2D eigenvalue weighted by atomic mass is 16.2. The zero-order chi connectivity index (χ0) is 15.4. The van der Waals surface area contributed by atoms with Crippen LogP contribution in [0.5, 0.6) is 0 Å². The average molecular weight is 288 g/mol. The highest BCUT2D eigenvalue weighted by Gasteiger charge is 2.28. The Balaban J connectivity index is 2.23. The minimum atomic E-state index is -0.188. The van der Waals surface area contributed by atoms with Gasteiger partial charge in [0.1, 0.15) is 0 Å². The number of amides is 2. The summed E-state index contributed by atoms with van der Waals surface area (Å²) in [6.07, 6.45) is 4.97. The molecule has 1 aliphatic rings. The van der Waals surface area contributed by atoms with Crippen molar-refractivity contribution < 1.29 is 9.59 Å². The van der Waals surface area contributed by atoms with Crippen molar-refractivity contribution in [2.45, 2.75) is 45.1 Å². The van der Waals surface area contributed by atoms with Crippen LogP contribution in [-0.2, 0) is 11.2 Å². The number of unbranched alkanes of at least 4 members (excludes halogenated alkanes) is 2. The van der Waals surface area contributed by atoms with Gasteiger partial charge in [-0.1, -0.05) is 38.3 Å². The summed E-state index contributed by atoms with van der Waals surface area (Å²) in [5, 5.41) is 3.33. The number of imide groups is 1.